The predicted octanol–water partition coefficient (Wildman–Crippen LogP) is 2.99. The number of carbonyl (C=O) groups is 1. The van der Waals surface area contributed by atoms with Gasteiger partial charge in [-0.2, -0.15) is 0 Å². The van der Waals surface area contributed by atoms with Crippen molar-refractivity contribution in [2.45, 2.75) is 39.2 Å². The number of carboxylic acid groups (broad SMARTS) is 1. The van der Waals surface area contributed by atoms with E-state index in [4.69, 9.17) is 11.6 Å². The van der Waals surface area contributed by atoms with Gasteiger partial charge in [-0.15, -0.1) is 0 Å². The van der Waals surface area contributed by atoms with E-state index in [1.165, 1.54) is 6.20 Å². The summed E-state index contributed by atoms with van der Waals surface area (Å²) in [6, 6.07) is 1.70. The van der Waals surface area contributed by atoms with Crippen LogP contribution in [0.4, 0.5) is 0 Å². The van der Waals surface area contributed by atoms with Gasteiger partial charge in [-0.3, -0.25) is 4.57 Å². The topological polar surface area (TPSA) is 68.0 Å². The number of pyridine rings is 1. The highest BCUT2D eigenvalue weighted by atomic mass is 35.5. The zero-order valence-corrected chi connectivity index (χ0v) is 11.9. The molecule has 0 aromatic carbocycles. The lowest BCUT2D eigenvalue weighted by Gasteiger charge is -2.29. The van der Waals surface area contributed by atoms with E-state index in [1.807, 2.05) is 13.8 Å². The fourth-order valence-corrected chi connectivity index (χ4v) is 2.68. The first-order valence-corrected chi connectivity index (χ1v) is 6.58. The molecule has 1 N–H and O–H groups in total. The molecule has 102 valence electrons. The summed E-state index contributed by atoms with van der Waals surface area (Å²) >= 11 is 5.90. The van der Waals surface area contributed by atoms with Crippen LogP contribution >= 0.6 is 11.6 Å². The van der Waals surface area contributed by atoms with Crippen molar-refractivity contribution in [1.29, 1.82) is 0 Å². The summed E-state index contributed by atoms with van der Waals surface area (Å²) in [7, 11) is 0. The molecule has 2 rings (SSSR count). The summed E-state index contributed by atoms with van der Waals surface area (Å²) in [5.41, 5.74) is 0.171. The second-order valence-corrected chi connectivity index (χ2v) is 4.97. The first-order valence-electron chi connectivity index (χ1n) is 6.20. The largest absolute Gasteiger partial charge is 0.479 e. The molecule has 0 bridgehead atoms. The molecule has 5 nitrogen and oxygen atoms in total. The van der Waals surface area contributed by atoms with Crippen LogP contribution in [0.1, 0.15) is 32.5 Å². The first kappa shape index (κ1) is 13.8. The van der Waals surface area contributed by atoms with Crippen LogP contribution in [-0.4, -0.2) is 25.6 Å². The molecule has 0 aliphatic rings. The van der Waals surface area contributed by atoms with E-state index in [2.05, 4.69) is 9.97 Å². The van der Waals surface area contributed by atoms with Crippen molar-refractivity contribution >= 4 is 28.7 Å². The third-order valence-corrected chi connectivity index (χ3v) is 3.83. The lowest BCUT2D eigenvalue weighted by Crippen LogP contribution is -2.41. The van der Waals surface area contributed by atoms with Gasteiger partial charge in [0.1, 0.15) is 16.9 Å². The predicted molar refractivity (Wildman–Crippen MR) is 73.5 cm³/mol. The number of carboxylic acids is 1. The third-order valence-electron chi connectivity index (χ3n) is 3.63. The van der Waals surface area contributed by atoms with E-state index < -0.39 is 11.5 Å². The van der Waals surface area contributed by atoms with E-state index in [0.29, 0.717) is 34.9 Å². The van der Waals surface area contributed by atoms with Gasteiger partial charge < -0.3 is 5.11 Å². The minimum atomic E-state index is -1.01. The summed E-state index contributed by atoms with van der Waals surface area (Å²) in [6.07, 6.45) is 2.45. The van der Waals surface area contributed by atoms with Crippen LogP contribution in [0.2, 0.25) is 5.02 Å². The van der Waals surface area contributed by atoms with E-state index in [9.17, 15) is 9.90 Å². The summed E-state index contributed by atoms with van der Waals surface area (Å²) in [4.78, 5) is 20.4. The molecular formula is C13H16ClN3O2. The van der Waals surface area contributed by atoms with Gasteiger partial charge >= 0.3 is 5.97 Å². The quantitative estimate of drug-likeness (QED) is 0.935. The summed E-state index contributed by atoms with van der Waals surface area (Å²) in [5, 5.41) is 10.1. The number of nitrogens with zero attached hydrogens (tertiary/aromatic N) is 3. The van der Waals surface area contributed by atoms with Gasteiger partial charge in [-0.25, -0.2) is 14.8 Å². The molecule has 0 saturated carbocycles. The SMILES string of the molecule is CCC(CC)(C(=O)O)n1c(C)nc2cc(Cl)cnc21. The zero-order chi connectivity index (χ0) is 14.2. The summed E-state index contributed by atoms with van der Waals surface area (Å²) in [5.74, 6) is -0.229. The van der Waals surface area contributed by atoms with E-state index in [1.54, 1.807) is 17.6 Å². The summed E-state index contributed by atoms with van der Waals surface area (Å²) < 4.78 is 1.71. The van der Waals surface area contributed by atoms with Crippen molar-refractivity contribution in [3.05, 3.63) is 23.1 Å². The normalized spacial score (nSPS) is 12.0. The molecule has 0 atom stereocenters. The Kier molecular flexibility index (Phi) is 3.49. The van der Waals surface area contributed by atoms with Crippen LogP contribution < -0.4 is 0 Å². The fraction of sp³-hybridized carbons (Fsp3) is 0.462. The number of aromatic nitrogens is 3. The maximum absolute atomic E-state index is 11.7. The van der Waals surface area contributed by atoms with Crippen molar-refractivity contribution in [2.75, 3.05) is 0 Å². The second kappa shape index (κ2) is 4.81. The Morgan fingerprint density at radius 3 is 2.63 bits per heavy atom. The highest BCUT2D eigenvalue weighted by Gasteiger charge is 2.39. The number of halogens is 1. The average molecular weight is 282 g/mol. The third kappa shape index (κ3) is 1.98. The Balaban J connectivity index is 2.80. The Labute approximate surface area is 116 Å². The number of rotatable bonds is 4. The van der Waals surface area contributed by atoms with Crippen molar-refractivity contribution in [3.8, 4) is 0 Å². The zero-order valence-electron chi connectivity index (χ0n) is 11.1. The van der Waals surface area contributed by atoms with Crippen LogP contribution in [0.25, 0.3) is 11.2 Å². The number of hydrogen-bond acceptors (Lipinski definition) is 3. The van der Waals surface area contributed by atoms with Crippen molar-refractivity contribution in [1.82, 2.24) is 14.5 Å². The molecule has 0 spiro atoms. The van der Waals surface area contributed by atoms with Crippen molar-refractivity contribution < 1.29 is 9.90 Å². The van der Waals surface area contributed by atoms with Gasteiger partial charge in [0.2, 0.25) is 0 Å². The minimum Gasteiger partial charge on any atom is -0.479 e. The highest BCUT2D eigenvalue weighted by Crippen LogP contribution is 2.31. The number of hydrogen-bond donors (Lipinski definition) is 1. The molecule has 6 heteroatoms. The Morgan fingerprint density at radius 1 is 1.47 bits per heavy atom. The van der Waals surface area contributed by atoms with Gasteiger partial charge in [0.15, 0.2) is 5.65 Å². The Morgan fingerprint density at radius 2 is 2.11 bits per heavy atom. The van der Waals surface area contributed by atoms with Crippen LogP contribution in [-0.2, 0) is 10.3 Å². The molecule has 0 fully saturated rings. The maximum Gasteiger partial charge on any atom is 0.329 e. The molecule has 0 aliphatic carbocycles. The number of aryl methyl sites for hydroxylation is 1. The van der Waals surface area contributed by atoms with Gasteiger partial charge in [-0.05, 0) is 25.8 Å². The molecule has 0 unspecified atom stereocenters. The minimum absolute atomic E-state index is 0.468. The van der Waals surface area contributed by atoms with Gasteiger partial charge in [-0.1, -0.05) is 25.4 Å². The molecule has 0 radical (unpaired) electrons. The maximum atomic E-state index is 11.7. The Hall–Kier alpha value is -1.62. The van der Waals surface area contributed by atoms with Crippen LogP contribution in [0.3, 0.4) is 0 Å². The van der Waals surface area contributed by atoms with Crippen LogP contribution in [0.15, 0.2) is 12.3 Å². The highest BCUT2D eigenvalue weighted by molar-refractivity contribution is 6.31. The number of imidazole rings is 1. The number of fused-ring (bicyclic) bond motifs is 1. The van der Waals surface area contributed by atoms with E-state index in [-0.39, 0.29) is 0 Å². The van der Waals surface area contributed by atoms with E-state index >= 15 is 0 Å². The lowest BCUT2D eigenvalue weighted by atomic mass is 9.92. The summed E-state index contributed by atoms with van der Waals surface area (Å²) in [6.45, 7) is 5.51. The van der Waals surface area contributed by atoms with E-state index in [0.717, 1.165) is 0 Å². The second-order valence-electron chi connectivity index (χ2n) is 4.53. The fourth-order valence-electron chi connectivity index (χ4n) is 2.53. The number of aliphatic carboxylic acids is 1. The molecule has 2 aromatic heterocycles. The van der Waals surface area contributed by atoms with Gasteiger partial charge in [0.25, 0.3) is 0 Å². The van der Waals surface area contributed by atoms with Crippen LogP contribution in [0.5, 0.6) is 0 Å². The van der Waals surface area contributed by atoms with Gasteiger partial charge in [0.05, 0.1) is 5.02 Å². The average Bonchev–Trinajstić information content (AvgIpc) is 2.68. The van der Waals surface area contributed by atoms with Gasteiger partial charge in [0, 0.05) is 6.20 Å². The first-order chi connectivity index (χ1) is 8.96. The van der Waals surface area contributed by atoms with Crippen molar-refractivity contribution in [3.63, 3.8) is 0 Å². The molecule has 0 saturated heterocycles. The standard InChI is InChI=1S/C13H16ClN3O2/c1-4-13(5-2,12(18)19)17-8(3)16-10-6-9(14)7-15-11(10)17/h6-7H,4-5H2,1-3H3,(H,18,19). The smallest absolute Gasteiger partial charge is 0.329 e. The van der Waals surface area contributed by atoms with Crippen molar-refractivity contribution in [2.24, 2.45) is 0 Å². The molecule has 0 aliphatic heterocycles. The molecular weight excluding hydrogens is 266 g/mol. The molecule has 0 amide bonds. The monoisotopic (exact) mass is 281 g/mol. The molecule has 2 heterocycles. The molecule has 19 heavy (non-hydrogen) atoms. The van der Waals surface area contributed by atoms with Crippen LogP contribution in [0, 0.1) is 6.92 Å². The molecule has 2 aromatic rings. The Bertz CT molecular complexity index is 632. The lowest BCUT2D eigenvalue weighted by molar-refractivity contribution is -0.148.